The summed E-state index contributed by atoms with van der Waals surface area (Å²) in [5.74, 6) is -1.34. The van der Waals surface area contributed by atoms with E-state index in [0.717, 1.165) is 6.42 Å². The third kappa shape index (κ3) is 3.80. The molecule has 0 radical (unpaired) electrons. The highest BCUT2D eigenvalue weighted by molar-refractivity contribution is 7.88. The van der Waals surface area contributed by atoms with E-state index in [0.29, 0.717) is 24.0 Å². The molecule has 1 aromatic rings. The van der Waals surface area contributed by atoms with Crippen LogP contribution in [0.15, 0.2) is 24.3 Å². The van der Waals surface area contributed by atoms with Gasteiger partial charge < -0.3 is 5.11 Å². The molecule has 0 atom stereocenters. The first-order valence-electron chi connectivity index (χ1n) is 6.57. The van der Waals surface area contributed by atoms with Crippen LogP contribution in [0.1, 0.15) is 36.8 Å². The molecule has 0 unspecified atom stereocenters. The van der Waals surface area contributed by atoms with Crippen molar-refractivity contribution in [3.63, 3.8) is 0 Å². The molecule has 1 saturated carbocycles. The average Bonchev–Trinajstić information content (AvgIpc) is 2.35. The molecule has 2 rings (SSSR count). The highest BCUT2D eigenvalue weighted by Crippen LogP contribution is 2.36. The van der Waals surface area contributed by atoms with E-state index in [4.69, 9.17) is 10.4 Å². The van der Waals surface area contributed by atoms with E-state index in [-0.39, 0.29) is 12.2 Å². The molecule has 1 fully saturated rings. The molecule has 2 N–H and O–H groups in total. The molecule has 7 heteroatoms. The van der Waals surface area contributed by atoms with Crippen molar-refractivity contribution in [2.24, 2.45) is 0 Å². The van der Waals surface area contributed by atoms with Gasteiger partial charge in [-0.2, -0.15) is 5.26 Å². The fourth-order valence-corrected chi connectivity index (χ4v) is 4.20. The van der Waals surface area contributed by atoms with Crippen LogP contribution < -0.4 is 4.72 Å². The van der Waals surface area contributed by atoms with Crippen molar-refractivity contribution in [1.29, 1.82) is 5.26 Å². The second-order valence-electron chi connectivity index (χ2n) is 5.33. The number of aliphatic carboxylic acids is 1. The molecular weight excluding hydrogens is 292 g/mol. The maximum absolute atomic E-state index is 12.2. The summed E-state index contributed by atoms with van der Waals surface area (Å²) in [6.07, 6.45) is 1.65. The minimum absolute atomic E-state index is 0.216. The number of carbonyl (C=O) groups is 1. The zero-order valence-electron chi connectivity index (χ0n) is 11.4. The topological polar surface area (TPSA) is 107 Å². The lowest BCUT2D eigenvalue weighted by atomic mass is 9.75. The number of nitriles is 1. The number of carboxylic acids is 1. The van der Waals surface area contributed by atoms with Gasteiger partial charge in [0.05, 0.1) is 23.8 Å². The van der Waals surface area contributed by atoms with E-state index in [2.05, 4.69) is 4.72 Å². The summed E-state index contributed by atoms with van der Waals surface area (Å²) < 4.78 is 27.0. The monoisotopic (exact) mass is 308 g/mol. The van der Waals surface area contributed by atoms with Gasteiger partial charge in [0.15, 0.2) is 0 Å². The maximum atomic E-state index is 12.2. The number of rotatable bonds is 6. The molecule has 21 heavy (non-hydrogen) atoms. The van der Waals surface area contributed by atoms with Gasteiger partial charge in [0.1, 0.15) is 0 Å². The second kappa shape index (κ2) is 5.84. The number of sulfonamides is 1. The Kier molecular flexibility index (Phi) is 4.30. The zero-order valence-corrected chi connectivity index (χ0v) is 12.2. The normalized spacial score (nSPS) is 16.7. The van der Waals surface area contributed by atoms with E-state index in [1.807, 2.05) is 6.07 Å². The molecule has 0 aromatic heterocycles. The third-order valence-electron chi connectivity index (χ3n) is 3.66. The Morgan fingerprint density at radius 1 is 1.38 bits per heavy atom. The molecule has 112 valence electrons. The first-order valence-corrected chi connectivity index (χ1v) is 8.22. The number of carboxylic acid groups (broad SMARTS) is 1. The van der Waals surface area contributed by atoms with E-state index < -0.39 is 21.5 Å². The summed E-state index contributed by atoms with van der Waals surface area (Å²) in [6.45, 7) is 0. The Balaban J connectivity index is 2.15. The molecule has 0 spiro atoms. The standard InChI is InChI=1S/C14H16N2O4S/c15-9-11-4-1-2-5-12(11)10-21(19,20)16-14(6-3-7-14)8-13(17)18/h1-2,4-5,16H,3,6-8,10H2,(H,17,18). The average molecular weight is 308 g/mol. The first-order chi connectivity index (χ1) is 9.86. The first kappa shape index (κ1) is 15.5. The van der Waals surface area contributed by atoms with Gasteiger partial charge >= 0.3 is 5.97 Å². The maximum Gasteiger partial charge on any atom is 0.305 e. The Bertz CT molecular complexity index is 687. The van der Waals surface area contributed by atoms with Crippen LogP contribution in [0, 0.1) is 11.3 Å². The highest BCUT2D eigenvalue weighted by Gasteiger charge is 2.42. The van der Waals surface area contributed by atoms with Crippen LogP contribution in [0.4, 0.5) is 0 Å². The summed E-state index contributed by atoms with van der Waals surface area (Å²) in [5, 5.41) is 17.9. The van der Waals surface area contributed by atoms with Crippen molar-refractivity contribution in [3.8, 4) is 6.07 Å². The lowest BCUT2D eigenvalue weighted by Crippen LogP contribution is -2.54. The van der Waals surface area contributed by atoms with Crippen molar-refractivity contribution in [1.82, 2.24) is 4.72 Å². The largest absolute Gasteiger partial charge is 0.481 e. The minimum Gasteiger partial charge on any atom is -0.481 e. The van der Waals surface area contributed by atoms with Crippen LogP contribution in [0.25, 0.3) is 0 Å². The quantitative estimate of drug-likeness (QED) is 0.825. The Morgan fingerprint density at radius 2 is 2.05 bits per heavy atom. The van der Waals surface area contributed by atoms with Crippen LogP contribution in [-0.4, -0.2) is 25.0 Å². The number of nitrogens with zero attached hydrogens (tertiary/aromatic N) is 1. The molecule has 1 aromatic carbocycles. The smallest absolute Gasteiger partial charge is 0.305 e. The predicted octanol–water partition coefficient (Wildman–Crippen LogP) is 1.38. The summed E-state index contributed by atoms with van der Waals surface area (Å²) >= 11 is 0. The fourth-order valence-electron chi connectivity index (χ4n) is 2.53. The Labute approximate surface area is 123 Å². The number of hydrogen-bond acceptors (Lipinski definition) is 4. The van der Waals surface area contributed by atoms with Gasteiger partial charge in [-0.1, -0.05) is 18.2 Å². The minimum atomic E-state index is -3.70. The van der Waals surface area contributed by atoms with Crippen molar-refractivity contribution in [2.75, 3.05) is 0 Å². The van der Waals surface area contributed by atoms with Crippen molar-refractivity contribution in [3.05, 3.63) is 35.4 Å². The van der Waals surface area contributed by atoms with Gasteiger partial charge in [-0.25, -0.2) is 13.1 Å². The highest BCUT2D eigenvalue weighted by atomic mass is 32.2. The zero-order chi connectivity index (χ0) is 15.5. The molecule has 6 nitrogen and oxygen atoms in total. The molecule has 0 heterocycles. The van der Waals surface area contributed by atoms with Crippen LogP contribution in [0.5, 0.6) is 0 Å². The van der Waals surface area contributed by atoms with Gasteiger partial charge in [-0.15, -0.1) is 0 Å². The molecule has 1 aliphatic rings. The summed E-state index contributed by atoms with van der Waals surface area (Å²) in [4.78, 5) is 10.9. The summed E-state index contributed by atoms with van der Waals surface area (Å²) in [5.41, 5.74) is -0.146. The van der Waals surface area contributed by atoms with E-state index in [1.165, 1.54) is 0 Å². The van der Waals surface area contributed by atoms with E-state index >= 15 is 0 Å². The second-order valence-corrected chi connectivity index (χ2v) is 7.06. The Hall–Kier alpha value is -1.91. The van der Waals surface area contributed by atoms with Crippen molar-refractivity contribution >= 4 is 16.0 Å². The predicted molar refractivity (Wildman–Crippen MR) is 75.8 cm³/mol. The van der Waals surface area contributed by atoms with Crippen LogP contribution in [0.3, 0.4) is 0 Å². The SMILES string of the molecule is N#Cc1ccccc1CS(=O)(=O)NC1(CC(=O)O)CCC1. The van der Waals surface area contributed by atoms with Crippen LogP contribution >= 0.6 is 0 Å². The summed E-state index contributed by atoms with van der Waals surface area (Å²) in [6, 6.07) is 8.43. The lowest BCUT2D eigenvalue weighted by Gasteiger charge is -2.41. The molecule has 0 bridgehead atoms. The molecule has 0 amide bonds. The van der Waals surface area contributed by atoms with Gasteiger partial charge in [0, 0.05) is 5.54 Å². The summed E-state index contributed by atoms with van der Waals surface area (Å²) in [7, 11) is -3.70. The van der Waals surface area contributed by atoms with Crippen molar-refractivity contribution in [2.45, 2.75) is 37.0 Å². The van der Waals surface area contributed by atoms with Gasteiger partial charge in [-0.3, -0.25) is 4.79 Å². The van der Waals surface area contributed by atoms with E-state index in [1.54, 1.807) is 24.3 Å². The number of nitrogens with one attached hydrogen (secondary N) is 1. The molecule has 0 aliphatic heterocycles. The van der Waals surface area contributed by atoms with Gasteiger partial charge in [0.25, 0.3) is 0 Å². The molecule has 0 saturated heterocycles. The Morgan fingerprint density at radius 3 is 2.57 bits per heavy atom. The van der Waals surface area contributed by atoms with Gasteiger partial charge in [-0.05, 0) is 30.9 Å². The molecular formula is C14H16N2O4S. The van der Waals surface area contributed by atoms with Crippen molar-refractivity contribution < 1.29 is 18.3 Å². The third-order valence-corrected chi connectivity index (χ3v) is 5.09. The molecule has 1 aliphatic carbocycles. The lowest BCUT2D eigenvalue weighted by molar-refractivity contribution is -0.139. The fraction of sp³-hybridized carbons (Fsp3) is 0.429. The van der Waals surface area contributed by atoms with E-state index in [9.17, 15) is 13.2 Å². The van der Waals surface area contributed by atoms with Gasteiger partial charge in [0.2, 0.25) is 10.0 Å². The number of benzene rings is 1. The van der Waals surface area contributed by atoms with Crippen LogP contribution in [0.2, 0.25) is 0 Å². The number of hydrogen-bond donors (Lipinski definition) is 2. The van der Waals surface area contributed by atoms with Crippen LogP contribution in [-0.2, 0) is 20.6 Å².